The molecule has 1 aromatic carbocycles. The van der Waals surface area contributed by atoms with E-state index in [2.05, 4.69) is 38.0 Å². The van der Waals surface area contributed by atoms with Crippen LogP contribution in [0.3, 0.4) is 0 Å². The van der Waals surface area contributed by atoms with Crippen LogP contribution >= 0.6 is 23.1 Å². The molecule has 1 heterocycles. The van der Waals surface area contributed by atoms with E-state index < -0.39 is 0 Å². The Morgan fingerprint density at radius 1 is 1.20 bits per heavy atom. The molecule has 0 unspecified atom stereocenters. The third-order valence-corrected chi connectivity index (χ3v) is 6.14. The molecule has 0 radical (unpaired) electrons. The number of benzene rings is 1. The van der Waals surface area contributed by atoms with Gasteiger partial charge in [-0.15, -0.1) is 11.3 Å². The Bertz CT molecular complexity index is 827. The third kappa shape index (κ3) is 8.36. The molecule has 0 fully saturated rings. The van der Waals surface area contributed by atoms with Crippen LogP contribution in [-0.2, 0) is 16.0 Å². The Morgan fingerprint density at radius 2 is 1.90 bits per heavy atom. The van der Waals surface area contributed by atoms with Crippen LogP contribution in [0.5, 0.6) is 5.75 Å². The van der Waals surface area contributed by atoms with E-state index in [4.69, 9.17) is 4.74 Å². The van der Waals surface area contributed by atoms with Gasteiger partial charge in [0.25, 0.3) is 0 Å². The summed E-state index contributed by atoms with van der Waals surface area (Å²) in [6.07, 6.45) is 0.298. The topological polar surface area (TPSA) is 71.5 Å². The molecule has 0 aliphatic rings. The van der Waals surface area contributed by atoms with Crippen LogP contribution in [-0.4, -0.2) is 47.7 Å². The summed E-state index contributed by atoms with van der Waals surface area (Å²) in [4.78, 5) is 31.4. The predicted octanol–water partition coefficient (Wildman–Crippen LogP) is 4.57. The van der Waals surface area contributed by atoms with Crippen LogP contribution in [0.2, 0.25) is 0 Å². The van der Waals surface area contributed by atoms with Crippen molar-refractivity contribution in [3.8, 4) is 5.75 Å². The minimum Gasteiger partial charge on any atom is -0.497 e. The second kappa shape index (κ2) is 12.0. The molecule has 0 bridgehead atoms. The maximum Gasteiger partial charge on any atom is 0.234 e. The van der Waals surface area contributed by atoms with E-state index in [9.17, 15) is 9.59 Å². The van der Waals surface area contributed by atoms with Gasteiger partial charge in [0.15, 0.2) is 4.34 Å². The lowest BCUT2D eigenvalue weighted by molar-refractivity contribution is -0.131. The average Bonchev–Trinajstić information content (AvgIpc) is 3.12. The fraction of sp³-hybridized carbons (Fsp3) is 0.500. The third-order valence-electron chi connectivity index (χ3n) is 4.07. The van der Waals surface area contributed by atoms with Crippen molar-refractivity contribution in [1.82, 2.24) is 9.88 Å². The quantitative estimate of drug-likeness (QED) is 0.509. The number of hydrogen-bond donors (Lipinski definition) is 1. The Balaban J connectivity index is 1.86. The Hall–Kier alpha value is -2.06. The number of methoxy groups -OCH3 is 1. The first-order valence-corrected chi connectivity index (χ1v) is 11.9. The smallest absolute Gasteiger partial charge is 0.234 e. The lowest BCUT2D eigenvalue weighted by Gasteiger charge is -2.26. The van der Waals surface area contributed by atoms with Gasteiger partial charge in [0.2, 0.25) is 11.8 Å². The summed E-state index contributed by atoms with van der Waals surface area (Å²) in [5.74, 6) is 1.80. The first-order chi connectivity index (χ1) is 14.3. The highest BCUT2D eigenvalue weighted by Crippen LogP contribution is 2.24. The first-order valence-electron chi connectivity index (χ1n) is 10.1. The number of carbonyl (C=O) groups is 2. The van der Waals surface area contributed by atoms with Crippen molar-refractivity contribution >= 4 is 40.6 Å². The summed E-state index contributed by atoms with van der Waals surface area (Å²) in [6.45, 7) is 9.99. The van der Waals surface area contributed by atoms with Crippen LogP contribution in [0.15, 0.2) is 34.0 Å². The standard InChI is InChI=1S/C22H31N3O3S2/c1-15(2)11-25(12-16(3)4)21(27)10-18-13-29-22(24-18)30-14-20(26)23-17-7-6-8-19(9-17)28-5/h6-9,13,15-16H,10-12,14H2,1-5H3,(H,23,26). The molecule has 0 spiro atoms. The molecule has 2 rings (SSSR count). The van der Waals surface area contributed by atoms with Gasteiger partial charge in [0, 0.05) is 30.2 Å². The number of hydrogen-bond acceptors (Lipinski definition) is 6. The maximum atomic E-state index is 12.7. The number of rotatable bonds is 11. The number of nitrogens with one attached hydrogen (secondary N) is 1. The van der Waals surface area contributed by atoms with Crippen molar-refractivity contribution in [2.75, 3.05) is 31.3 Å². The van der Waals surface area contributed by atoms with Crippen LogP contribution in [0.25, 0.3) is 0 Å². The Labute approximate surface area is 187 Å². The highest BCUT2D eigenvalue weighted by atomic mass is 32.2. The predicted molar refractivity (Wildman–Crippen MR) is 124 cm³/mol. The van der Waals surface area contributed by atoms with Crippen molar-refractivity contribution in [1.29, 1.82) is 0 Å². The van der Waals surface area contributed by atoms with Crippen LogP contribution < -0.4 is 10.1 Å². The zero-order valence-electron chi connectivity index (χ0n) is 18.3. The molecule has 1 aromatic heterocycles. The van der Waals surface area contributed by atoms with Gasteiger partial charge >= 0.3 is 0 Å². The van der Waals surface area contributed by atoms with Crippen LogP contribution in [0.4, 0.5) is 5.69 Å². The summed E-state index contributed by atoms with van der Waals surface area (Å²) in [5.41, 5.74) is 1.46. The molecule has 0 atom stereocenters. The van der Waals surface area contributed by atoms with Gasteiger partial charge in [-0.3, -0.25) is 9.59 Å². The van der Waals surface area contributed by atoms with Gasteiger partial charge in [0.1, 0.15) is 5.75 Å². The van der Waals surface area contributed by atoms with E-state index in [0.29, 0.717) is 29.7 Å². The highest BCUT2D eigenvalue weighted by Gasteiger charge is 2.18. The van der Waals surface area contributed by atoms with E-state index in [1.54, 1.807) is 13.2 Å². The lowest BCUT2D eigenvalue weighted by Crippen LogP contribution is -2.38. The molecule has 0 aliphatic carbocycles. The highest BCUT2D eigenvalue weighted by molar-refractivity contribution is 8.01. The molecule has 0 saturated heterocycles. The fourth-order valence-electron chi connectivity index (χ4n) is 2.89. The molecule has 6 nitrogen and oxygen atoms in total. The zero-order valence-corrected chi connectivity index (χ0v) is 19.9. The van der Waals surface area contributed by atoms with Crippen LogP contribution in [0, 0.1) is 11.8 Å². The zero-order chi connectivity index (χ0) is 22.1. The van der Waals surface area contributed by atoms with Crippen molar-refractivity contribution in [2.24, 2.45) is 11.8 Å². The largest absolute Gasteiger partial charge is 0.497 e. The second-order valence-corrected chi connectivity index (χ2v) is 10.0. The summed E-state index contributed by atoms with van der Waals surface area (Å²) >= 11 is 2.84. The number of anilines is 1. The summed E-state index contributed by atoms with van der Waals surface area (Å²) < 4.78 is 5.95. The summed E-state index contributed by atoms with van der Waals surface area (Å²) in [7, 11) is 1.59. The van der Waals surface area contributed by atoms with E-state index >= 15 is 0 Å². The number of ether oxygens (including phenoxy) is 1. The first kappa shape index (κ1) is 24.2. The van der Waals surface area contributed by atoms with Crippen molar-refractivity contribution < 1.29 is 14.3 Å². The maximum absolute atomic E-state index is 12.7. The molecule has 8 heteroatoms. The fourth-order valence-corrected chi connectivity index (χ4v) is 4.53. The summed E-state index contributed by atoms with van der Waals surface area (Å²) in [6, 6.07) is 7.24. The van der Waals surface area contributed by atoms with Crippen molar-refractivity contribution in [3.63, 3.8) is 0 Å². The number of thiazole rings is 1. The van der Waals surface area contributed by atoms with E-state index in [-0.39, 0.29) is 17.6 Å². The lowest BCUT2D eigenvalue weighted by atomic mass is 10.1. The van der Waals surface area contributed by atoms with E-state index in [1.165, 1.54) is 23.1 Å². The number of nitrogens with zero attached hydrogens (tertiary/aromatic N) is 2. The summed E-state index contributed by atoms with van der Waals surface area (Å²) in [5, 5.41) is 4.76. The number of carbonyl (C=O) groups excluding carboxylic acids is 2. The number of aromatic nitrogens is 1. The Morgan fingerprint density at radius 3 is 2.53 bits per heavy atom. The van der Waals surface area contributed by atoms with Crippen LogP contribution in [0.1, 0.15) is 33.4 Å². The molecular formula is C22H31N3O3S2. The van der Waals surface area contributed by atoms with Crippen molar-refractivity contribution in [3.05, 3.63) is 35.3 Å². The molecule has 1 N–H and O–H groups in total. The molecule has 30 heavy (non-hydrogen) atoms. The SMILES string of the molecule is COc1cccc(NC(=O)CSc2nc(CC(=O)N(CC(C)C)CC(C)C)cs2)c1. The Kier molecular flexibility index (Phi) is 9.65. The molecule has 164 valence electrons. The van der Waals surface area contributed by atoms with Gasteiger partial charge in [0.05, 0.1) is 25.0 Å². The van der Waals surface area contributed by atoms with Gasteiger partial charge in [-0.25, -0.2) is 4.98 Å². The van der Waals surface area contributed by atoms with Gasteiger partial charge in [-0.1, -0.05) is 45.5 Å². The van der Waals surface area contributed by atoms with E-state index in [1.807, 2.05) is 28.5 Å². The number of thioether (sulfide) groups is 1. The minimum absolute atomic E-state index is 0.106. The molecule has 0 aliphatic heterocycles. The monoisotopic (exact) mass is 449 g/mol. The van der Waals surface area contributed by atoms with Gasteiger partial charge in [-0.2, -0.15) is 0 Å². The van der Waals surface area contributed by atoms with Gasteiger partial charge < -0.3 is 15.0 Å². The second-order valence-electron chi connectivity index (χ2n) is 7.94. The molecular weight excluding hydrogens is 418 g/mol. The van der Waals surface area contributed by atoms with Crippen molar-refractivity contribution in [2.45, 2.75) is 38.5 Å². The average molecular weight is 450 g/mol. The molecule has 0 saturated carbocycles. The minimum atomic E-state index is -0.110. The number of amides is 2. The van der Waals surface area contributed by atoms with E-state index in [0.717, 1.165) is 23.1 Å². The normalized spacial score (nSPS) is 11.0. The molecule has 2 aromatic rings. The molecule has 2 amide bonds. The van der Waals surface area contributed by atoms with Gasteiger partial charge in [-0.05, 0) is 24.0 Å².